The Hall–Kier alpha value is -0.360. The van der Waals surface area contributed by atoms with Crippen LogP contribution in [0.4, 0.5) is 0 Å². The maximum Gasteiger partial charge on any atom is 0.115 e. The predicted molar refractivity (Wildman–Crippen MR) is 134 cm³/mol. The third-order valence-corrected chi connectivity index (χ3v) is 6.05. The van der Waals surface area contributed by atoms with Crippen molar-refractivity contribution in [2.45, 2.75) is 95.5 Å². The van der Waals surface area contributed by atoms with Gasteiger partial charge in [0.25, 0.3) is 0 Å². The van der Waals surface area contributed by atoms with E-state index in [9.17, 15) is 5.11 Å². The number of unbranched alkanes of at least 4 members (excludes halogenated alkanes) is 9. The molecule has 1 rings (SSSR count). The second-order valence-electron chi connectivity index (χ2n) is 8.99. The van der Waals surface area contributed by atoms with Gasteiger partial charge in [-0.3, -0.25) is 0 Å². The van der Waals surface area contributed by atoms with E-state index in [2.05, 4.69) is 6.92 Å². The van der Waals surface area contributed by atoms with Gasteiger partial charge in [0.1, 0.15) is 24.4 Å². The summed E-state index contributed by atoms with van der Waals surface area (Å²) in [6, 6.07) is 0. The van der Waals surface area contributed by atoms with Crippen LogP contribution in [0.15, 0.2) is 0 Å². The fourth-order valence-electron chi connectivity index (χ4n) is 4.22. The van der Waals surface area contributed by atoms with Gasteiger partial charge in [0, 0.05) is 6.61 Å². The van der Waals surface area contributed by atoms with Gasteiger partial charge in [-0.25, -0.2) is 0 Å². The molecule has 0 saturated carbocycles. The van der Waals surface area contributed by atoms with Crippen molar-refractivity contribution in [1.82, 2.24) is 0 Å². The highest BCUT2D eigenvalue weighted by Gasteiger charge is 2.44. The van der Waals surface area contributed by atoms with E-state index in [4.69, 9.17) is 38.6 Å². The molecule has 4 atom stereocenters. The Morgan fingerprint density at radius 2 is 1.29 bits per heavy atom. The molecule has 1 aliphatic rings. The maximum absolute atomic E-state index is 9.19. The minimum absolute atomic E-state index is 0.0967. The molecule has 0 bridgehead atoms. The lowest BCUT2D eigenvalue weighted by Crippen LogP contribution is -2.45. The van der Waals surface area contributed by atoms with Crippen LogP contribution in [0, 0.1) is 0 Å². The third kappa shape index (κ3) is 16.2. The average molecular weight is 509 g/mol. The molecule has 0 aromatic heterocycles. The number of aliphatic hydroxyl groups is 3. The van der Waals surface area contributed by atoms with Crippen molar-refractivity contribution >= 4 is 0 Å². The molecule has 0 aliphatic carbocycles. The van der Waals surface area contributed by atoms with E-state index in [1.54, 1.807) is 0 Å². The van der Waals surface area contributed by atoms with Crippen LogP contribution in [0.2, 0.25) is 0 Å². The summed E-state index contributed by atoms with van der Waals surface area (Å²) in [5, 5.41) is 27.4. The monoisotopic (exact) mass is 508 g/mol. The summed E-state index contributed by atoms with van der Waals surface area (Å²) in [4.78, 5) is 0. The number of hydrogen-bond acceptors (Lipinski definition) is 9. The summed E-state index contributed by atoms with van der Waals surface area (Å²) in [5.74, 6) is 0. The van der Waals surface area contributed by atoms with Crippen LogP contribution < -0.4 is 0 Å². The number of hydrogen-bond donors (Lipinski definition) is 3. The summed E-state index contributed by atoms with van der Waals surface area (Å²) in [7, 11) is 0. The summed E-state index contributed by atoms with van der Waals surface area (Å²) >= 11 is 0. The molecule has 1 saturated heterocycles. The van der Waals surface area contributed by atoms with Gasteiger partial charge in [-0.1, -0.05) is 64.7 Å². The Kier molecular flexibility index (Phi) is 22.4. The zero-order valence-electron chi connectivity index (χ0n) is 21.9. The first-order valence-electron chi connectivity index (χ1n) is 13.7. The fraction of sp³-hybridized carbons (Fsp3) is 1.00. The van der Waals surface area contributed by atoms with Crippen molar-refractivity contribution in [3.05, 3.63) is 0 Å². The average Bonchev–Trinajstić information content (AvgIpc) is 3.27. The second-order valence-corrected chi connectivity index (χ2v) is 8.99. The molecule has 1 heterocycles. The van der Waals surface area contributed by atoms with Gasteiger partial charge in [0.15, 0.2) is 0 Å². The highest BCUT2D eigenvalue weighted by Crippen LogP contribution is 2.25. The lowest BCUT2D eigenvalue weighted by Gasteiger charge is -2.29. The second kappa shape index (κ2) is 24.0. The van der Waals surface area contributed by atoms with Gasteiger partial charge in [-0.05, 0) is 6.42 Å². The Balaban J connectivity index is 2.19. The molecule has 1 aliphatic heterocycles. The van der Waals surface area contributed by atoms with Crippen LogP contribution in [0.25, 0.3) is 0 Å². The molecule has 35 heavy (non-hydrogen) atoms. The molecule has 9 nitrogen and oxygen atoms in total. The lowest BCUT2D eigenvalue weighted by atomic mass is 10.1. The largest absolute Gasteiger partial charge is 0.394 e. The normalized spacial score (nSPS) is 21.1. The molecule has 0 aromatic carbocycles. The molecular weight excluding hydrogens is 456 g/mol. The molecule has 1 fully saturated rings. The van der Waals surface area contributed by atoms with Crippen LogP contribution in [-0.4, -0.2) is 112 Å². The Labute approximate surface area is 212 Å². The standard InChI is InChI=1S/C26H52O9/c1-2-3-4-5-6-7-8-9-10-11-15-30-19-20-31-21-23(32-16-12-27)26-25(34-18-14-29)24(22-35-26)33-17-13-28/h23-29H,2-22H2,1H3/t23?,24-,25+,26-/m1/s1. The van der Waals surface area contributed by atoms with Crippen LogP contribution in [-0.2, 0) is 28.4 Å². The number of aliphatic hydroxyl groups excluding tert-OH is 3. The molecular formula is C26H52O9. The number of rotatable bonds is 26. The molecule has 0 radical (unpaired) electrons. The van der Waals surface area contributed by atoms with E-state index in [1.165, 1.54) is 57.8 Å². The summed E-state index contributed by atoms with van der Waals surface area (Å²) in [6.45, 7) is 4.65. The van der Waals surface area contributed by atoms with Crippen LogP contribution in [0.1, 0.15) is 71.1 Å². The Morgan fingerprint density at radius 3 is 1.94 bits per heavy atom. The zero-order valence-corrected chi connectivity index (χ0v) is 21.9. The van der Waals surface area contributed by atoms with E-state index in [-0.39, 0.29) is 52.4 Å². The molecule has 0 spiro atoms. The minimum atomic E-state index is -0.468. The van der Waals surface area contributed by atoms with Crippen molar-refractivity contribution in [2.75, 3.05) is 72.7 Å². The SMILES string of the molecule is CCCCCCCCCCCCOCCOCC(OCCO)[C@H]1OC[C@@H](OCCO)[C@@H]1OCCO. The number of ether oxygens (including phenoxy) is 6. The van der Waals surface area contributed by atoms with Gasteiger partial charge < -0.3 is 43.7 Å². The van der Waals surface area contributed by atoms with Gasteiger partial charge in [0.2, 0.25) is 0 Å². The quantitative estimate of drug-likeness (QED) is 0.152. The Morgan fingerprint density at radius 1 is 0.686 bits per heavy atom. The van der Waals surface area contributed by atoms with Crippen molar-refractivity contribution in [3.8, 4) is 0 Å². The van der Waals surface area contributed by atoms with Crippen LogP contribution in [0.5, 0.6) is 0 Å². The van der Waals surface area contributed by atoms with Crippen molar-refractivity contribution < 1.29 is 43.7 Å². The lowest BCUT2D eigenvalue weighted by molar-refractivity contribution is -0.136. The van der Waals surface area contributed by atoms with Crippen LogP contribution >= 0.6 is 0 Å². The van der Waals surface area contributed by atoms with Gasteiger partial charge >= 0.3 is 0 Å². The van der Waals surface area contributed by atoms with E-state index in [0.29, 0.717) is 19.8 Å². The smallest absolute Gasteiger partial charge is 0.115 e. The molecule has 1 unspecified atom stereocenters. The third-order valence-electron chi connectivity index (χ3n) is 6.05. The highest BCUT2D eigenvalue weighted by molar-refractivity contribution is 4.91. The van der Waals surface area contributed by atoms with Crippen molar-refractivity contribution in [1.29, 1.82) is 0 Å². The topological polar surface area (TPSA) is 116 Å². The molecule has 0 amide bonds. The van der Waals surface area contributed by atoms with Gasteiger partial charge in [-0.15, -0.1) is 0 Å². The predicted octanol–water partition coefficient (Wildman–Crippen LogP) is 2.47. The van der Waals surface area contributed by atoms with E-state index < -0.39 is 18.3 Å². The highest BCUT2D eigenvalue weighted by atomic mass is 16.6. The molecule has 9 heteroatoms. The molecule has 210 valence electrons. The van der Waals surface area contributed by atoms with E-state index in [0.717, 1.165) is 13.0 Å². The first kappa shape index (κ1) is 32.7. The zero-order chi connectivity index (χ0) is 25.4. The maximum atomic E-state index is 9.19. The minimum Gasteiger partial charge on any atom is -0.394 e. The van der Waals surface area contributed by atoms with E-state index >= 15 is 0 Å². The summed E-state index contributed by atoms with van der Waals surface area (Å²) < 4.78 is 34.5. The first-order valence-corrected chi connectivity index (χ1v) is 13.7. The van der Waals surface area contributed by atoms with Gasteiger partial charge in [-0.2, -0.15) is 0 Å². The molecule has 0 aromatic rings. The van der Waals surface area contributed by atoms with E-state index in [1.807, 2.05) is 0 Å². The Bertz CT molecular complexity index is 441. The van der Waals surface area contributed by atoms with Gasteiger partial charge in [0.05, 0.1) is 66.1 Å². The summed E-state index contributed by atoms with van der Waals surface area (Å²) in [6.07, 6.45) is 11.3. The van der Waals surface area contributed by atoms with Crippen molar-refractivity contribution in [3.63, 3.8) is 0 Å². The fourth-order valence-corrected chi connectivity index (χ4v) is 4.22. The first-order chi connectivity index (χ1) is 17.3. The van der Waals surface area contributed by atoms with Crippen molar-refractivity contribution in [2.24, 2.45) is 0 Å². The molecule has 3 N–H and O–H groups in total. The summed E-state index contributed by atoms with van der Waals surface area (Å²) in [5.41, 5.74) is 0. The van der Waals surface area contributed by atoms with Crippen LogP contribution in [0.3, 0.4) is 0 Å².